The van der Waals surface area contributed by atoms with Crippen LogP contribution in [0.5, 0.6) is 0 Å². The second-order valence-corrected chi connectivity index (χ2v) is 7.59. The zero-order valence-electron chi connectivity index (χ0n) is 14.7. The maximum atomic E-state index is 12.5. The minimum atomic E-state index is -0.355. The summed E-state index contributed by atoms with van der Waals surface area (Å²) in [6.07, 6.45) is 2.97. The Bertz CT molecular complexity index is 619. The Morgan fingerprint density at radius 3 is 3.04 bits per heavy atom. The highest BCUT2D eigenvalue weighted by Crippen LogP contribution is 2.36. The van der Waals surface area contributed by atoms with E-state index in [2.05, 4.69) is 15.5 Å². The molecule has 1 saturated carbocycles. The lowest BCUT2D eigenvalue weighted by Crippen LogP contribution is -2.46. The van der Waals surface area contributed by atoms with Gasteiger partial charge in [-0.05, 0) is 38.3 Å². The van der Waals surface area contributed by atoms with Crippen LogP contribution in [-0.4, -0.2) is 66.1 Å². The molecule has 3 heterocycles. The Morgan fingerprint density at radius 1 is 1.40 bits per heavy atom. The van der Waals surface area contributed by atoms with Crippen LogP contribution in [0.2, 0.25) is 0 Å². The smallest absolute Gasteiger partial charge is 0.225 e. The van der Waals surface area contributed by atoms with Crippen molar-refractivity contribution in [2.45, 2.75) is 31.8 Å². The van der Waals surface area contributed by atoms with Crippen molar-refractivity contribution in [3.63, 3.8) is 0 Å². The predicted octanol–water partition coefficient (Wildman–Crippen LogP) is 1.24. The quantitative estimate of drug-likeness (QED) is 0.884. The van der Waals surface area contributed by atoms with Gasteiger partial charge in [-0.15, -0.1) is 5.10 Å². The van der Waals surface area contributed by atoms with Crippen LogP contribution >= 0.6 is 0 Å². The maximum absolute atomic E-state index is 12.5. The fraction of sp³-hybridized carbons (Fsp3) is 0.722. The van der Waals surface area contributed by atoms with Gasteiger partial charge in [-0.25, -0.2) is 0 Å². The molecule has 1 N–H and O–H groups in total. The molecule has 3 aliphatic rings. The fourth-order valence-corrected chi connectivity index (χ4v) is 3.70. The molecule has 1 aromatic heterocycles. The highest BCUT2D eigenvalue weighted by Gasteiger charge is 2.45. The predicted molar refractivity (Wildman–Crippen MR) is 92.2 cm³/mol. The molecule has 1 spiro atoms. The first-order valence-electron chi connectivity index (χ1n) is 9.18. The molecule has 2 saturated heterocycles. The van der Waals surface area contributed by atoms with Crippen LogP contribution in [0.15, 0.2) is 12.1 Å². The van der Waals surface area contributed by atoms with Crippen LogP contribution in [0.4, 0.5) is 5.82 Å². The number of aromatic nitrogens is 2. The Hall–Kier alpha value is -1.73. The molecule has 0 aromatic carbocycles. The van der Waals surface area contributed by atoms with Gasteiger partial charge in [-0.2, -0.15) is 5.10 Å². The summed E-state index contributed by atoms with van der Waals surface area (Å²) >= 11 is 0. The van der Waals surface area contributed by atoms with Crippen molar-refractivity contribution in [2.75, 3.05) is 44.8 Å². The summed E-state index contributed by atoms with van der Waals surface area (Å²) < 4.78 is 11.9. The summed E-state index contributed by atoms with van der Waals surface area (Å²) in [6.45, 7) is 5.91. The van der Waals surface area contributed by atoms with Crippen LogP contribution in [0.3, 0.4) is 0 Å². The van der Waals surface area contributed by atoms with Gasteiger partial charge < -0.3 is 19.7 Å². The molecular formula is C18H26N4O3. The van der Waals surface area contributed by atoms with Crippen LogP contribution in [0.1, 0.15) is 25.0 Å². The van der Waals surface area contributed by atoms with E-state index in [4.69, 9.17) is 9.47 Å². The number of hydrogen-bond donors (Lipinski definition) is 1. The minimum Gasteiger partial charge on any atom is -0.377 e. The molecule has 2 atom stereocenters. The second-order valence-electron chi connectivity index (χ2n) is 7.59. The van der Waals surface area contributed by atoms with E-state index in [9.17, 15) is 4.79 Å². The van der Waals surface area contributed by atoms with Crippen LogP contribution in [0, 0.1) is 18.8 Å². The van der Waals surface area contributed by atoms with Gasteiger partial charge in [-0.1, -0.05) is 0 Å². The third-order valence-corrected chi connectivity index (χ3v) is 5.24. The molecule has 7 heteroatoms. The number of nitrogens with one attached hydrogen (secondary N) is 1. The van der Waals surface area contributed by atoms with E-state index in [1.165, 1.54) is 0 Å². The first-order valence-corrected chi connectivity index (χ1v) is 9.18. The summed E-state index contributed by atoms with van der Waals surface area (Å²) in [4.78, 5) is 14.4. The number of nitrogens with zero attached hydrogens (tertiary/aromatic N) is 3. The lowest BCUT2D eigenvalue weighted by Gasteiger charge is -2.31. The minimum absolute atomic E-state index is 0.245. The van der Waals surface area contributed by atoms with E-state index in [1.54, 1.807) is 0 Å². The van der Waals surface area contributed by atoms with Gasteiger partial charge in [0.05, 0.1) is 32.1 Å². The van der Waals surface area contributed by atoms with Gasteiger partial charge >= 0.3 is 0 Å². The average Bonchev–Trinajstić information content (AvgIpc) is 3.41. The Labute approximate surface area is 148 Å². The SMILES string of the molecule is Cc1ccc(NCC2COC3(COCCN(C(=O)C4CC4)C3)C2)nn1. The standard InChI is InChI=1S/C18H26N4O3/c1-13-2-5-16(21-20-13)19-9-14-8-18(25-10-14)11-22(6-7-24-12-18)17(23)15-3-4-15/h2,5,14-15H,3-4,6-12H2,1H3,(H,19,21). The molecule has 0 bridgehead atoms. The summed E-state index contributed by atoms with van der Waals surface area (Å²) in [6, 6.07) is 3.89. The van der Waals surface area contributed by atoms with E-state index < -0.39 is 0 Å². The van der Waals surface area contributed by atoms with Crippen molar-refractivity contribution >= 4 is 11.7 Å². The molecule has 1 aromatic rings. The van der Waals surface area contributed by atoms with Gasteiger partial charge in [0.1, 0.15) is 11.4 Å². The molecule has 4 rings (SSSR count). The average molecular weight is 346 g/mol. The van der Waals surface area contributed by atoms with Gasteiger partial charge in [0.25, 0.3) is 0 Å². The molecule has 2 unspecified atom stereocenters. The normalized spacial score (nSPS) is 29.6. The van der Waals surface area contributed by atoms with Crippen LogP contribution in [-0.2, 0) is 14.3 Å². The number of hydrogen-bond acceptors (Lipinski definition) is 6. The van der Waals surface area contributed by atoms with E-state index in [0.29, 0.717) is 38.8 Å². The third-order valence-electron chi connectivity index (χ3n) is 5.24. The summed E-state index contributed by atoms with van der Waals surface area (Å²) in [5.41, 5.74) is 0.552. The third kappa shape index (κ3) is 3.93. The van der Waals surface area contributed by atoms with Gasteiger partial charge in [0.15, 0.2) is 0 Å². The van der Waals surface area contributed by atoms with Crippen molar-refractivity contribution in [1.29, 1.82) is 0 Å². The van der Waals surface area contributed by atoms with E-state index in [-0.39, 0.29) is 17.4 Å². The summed E-state index contributed by atoms with van der Waals surface area (Å²) in [5.74, 6) is 1.69. The number of rotatable bonds is 4. The van der Waals surface area contributed by atoms with E-state index in [0.717, 1.165) is 37.3 Å². The lowest BCUT2D eigenvalue weighted by molar-refractivity contribution is -0.135. The number of anilines is 1. The molecular weight excluding hydrogens is 320 g/mol. The molecule has 1 aliphatic carbocycles. The van der Waals surface area contributed by atoms with Crippen molar-refractivity contribution in [2.24, 2.45) is 11.8 Å². The van der Waals surface area contributed by atoms with Crippen molar-refractivity contribution in [3.8, 4) is 0 Å². The Morgan fingerprint density at radius 2 is 2.28 bits per heavy atom. The van der Waals surface area contributed by atoms with E-state index >= 15 is 0 Å². The Balaban J connectivity index is 1.34. The molecule has 2 aliphatic heterocycles. The lowest BCUT2D eigenvalue weighted by atomic mass is 9.94. The highest BCUT2D eigenvalue weighted by atomic mass is 16.5. The topological polar surface area (TPSA) is 76.6 Å². The van der Waals surface area contributed by atoms with Crippen LogP contribution in [0.25, 0.3) is 0 Å². The fourth-order valence-electron chi connectivity index (χ4n) is 3.70. The zero-order valence-corrected chi connectivity index (χ0v) is 14.7. The molecule has 136 valence electrons. The monoisotopic (exact) mass is 346 g/mol. The second kappa shape index (κ2) is 6.88. The number of carbonyl (C=O) groups excluding carboxylic acids is 1. The maximum Gasteiger partial charge on any atom is 0.225 e. The molecule has 1 amide bonds. The van der Waals surface area contributed by atoms with E-state index in [1.807, 2.05) is 24.0 Å². The van der Waals surface area contributed by atoms with Crippen molar-refractivity contribution in [1.82, 2.24) is 15.1 Å². The number of carbonyl (C=O) groups is 1. The molecule has 3 fully saturated rings. The van der Waals surface area contributed by atoms with Gasteiger partial charge in [0, 0.05) is 24.9 Å². The number of ether oxygens (including phenoxy) is 2. The Kier molecular flexibility index (Phi) is 4.60. The van der Waals surface area contributed by atoms with Gasteiger partial charge in [-0.3, -0.25) is 4.79 Å². The summed E-state index contributed by atoms with van der Waals surface area (Å²) in [5, 5.41) is 11.5. The van der Waals surface area contributed by atoms with Crippen LogP contribution < -0.4 is 5.32 Å². The molecule has 7 nitrogen and oxygen atoms in total. The first kappa shape index (κ1) is 16.7. The largest absolute Gasteiger partial charge is 0.377 e. The van der Waals surface area contributed by atoms with Crippen molar-refractivity contribution < 1.29 is 14.3 Å². The zero-order chi connectivity index (χ0) is 17.3. The summed E-state index contributed by atoms with van der Waals surface area (Å²) in [7, 11) is 0. The van der Waals surface area contributed by atoms with Gasteiger partial charge in [0.2, 0.25) is 5.91 Å². The highest BCUT2D eigenvalue weighted by molar-refractivity contribution is 5.81. The first-order chi connectivity index (χ1) is 12.1. The van der Waals surface area contributed by atoms with Crippen molar-refractivity contribution in [3.05, 3.63) is 17.8 Å². The molecule has 25 heavy (non-hydrogen) atoms. The molecule has 0 radical (unpaired) electrons. The number of aryl methyl sites for hydroxylation is 1. The number of amides is 1.